The average Bonchev–Trinajstić information content (AvgIpc) is 2.64. The number of carbonyl (C=O) groups excluding carboxylic acids is 1. The first-order chi connectivity index (χ1) is 8.20. The van der Waals surface area contributed by atoms with Crippen LogP contribution in [0.2, 0.25) is 0 Å². The first kappa shape index (κ1) is 11.4. The van der Waals surface area contributed by atoms with Gasteiger partial charge in [-0.1, -0.05) is 17.3 Å². The summed E-state index contributed by atoms with van der Waals surface area (Å²) in [5, 5.41) is 3.62. The Morgan fingerprint density at radius 3 is 2.59 bits per heavy atom. The number of carbonyl (C=O) groups is 1. The molecule has 1 aromatic carbocycles. The maximum atomic E-state index is 11.3. The van der Waals surface area contributed by atoms with Gasteiger partial charge in [0.05, 0.1) is 17.9 Å². The highest BCUT2D eigenvalue weighted by Crippen LogP contribution is 2.18. The Hall–Kier alpha value is -2.10. The van der Waals surface area contributed by atoms with Gasteiger partial charge in [-0.3, -0.25) is 0 Å². The van der Waals surface area contributed by atoms with Crippen LogP contribution in [0.4, 0.5) is 0 Å². The van der Waals surface area contributed by atoms with Gasteiger partial charge in [-0.25, -0.2) is 4.79 Å². The maximum Gasteiger partial charge on any atom is 0.367 e. The number of benzene rings is 1. The summed E-state index contributed by atoms with van der Waals surface area (Å²) in [5.74, 6) is 0.408. The van der Waals surface area contributed by atoms with E-state index in [2.05, 4.69) is 9.99 Å². The zero-order valence-electron chi connectivity index (χ0n) is 9.77. The Kier molecular flexibility index (Phi) is 3.23. The van der Waals surface area contributed by atoms with Crippen molar-refractivity contribution in [3.63, 3.8) is 0 Å². The molecule has 4 nitrogen and oxygen atoms in total. The lowest BCUT2D eigenvalue weighted by Crippen LogP contribution is -2.01. The van der Waals surface area contributed by atoms with E-state index in [1.807, 2.05) is 31.2 Å². The summed E-state index contributed by atoms with van der Waals surface area (Å²) in [6.07, 6.45) is 1.75. The number of ether oxygens (including phenoxy) is 1. The third-order valence-corrected chi connectivity index (χ3v) is 2.38. The Morgan fingerprint density at radius 2 is 2.06 bits per heavy atom. The second-order valence-corrected chi connectivity index (χ2v) is 3.62. The van der Waals surface area contributed by atoms with Crippen molar-refractivity contribution in [3.05, 3.63) is 35.4 Å². The summed E-state index contributed by atoms with van der Waals surface area (Å²) in [6, 6.07) is 7.50. The molecule has 0 saturated carbocycles. The highest BCUT2D eigenvalue weighted by atomic mass is 16.7. The van der Waals surface area contributed by atoms with Crippen LogP contribution in [-0.2, 0) is 9.63 Å². The van der Waals surface area contributed by atoms with Crippen molar-refractivity contribution in [3.8, 4) is 5.75 Å². The minimum Gasteiger partial charge on any atom is -0.494 e. The highest BCUT2D eigenvalue weighted by Gasteiger charge is 2.21. The molecule has 0 amide bonds. The van der Waals surface area contributed by atoms with Gasteiger partial charge < -0.3 is 9.57 Å². The smallest absolute Gasteiger partial charge is 0.367 e. The van der Waals surface area contributed by atoms with Gasteiger partial charge in [-0.2, -0.15) is 0 Å². The highest BCUT2D eigenvalue weighted by molar-refractivity contribution is 6.24. The molecule has 0 bridgehead atoms. The van der Waals surface area contributed by atoms with E-state index in [1.165, 1.54) is 0 Å². The fourth-order valence-corrected chi connectivity index (χ4v) is 1.51. The molecule has 88 valence electrons. The van der Waals surface area contributed by atoms with Crippen molar-refractivity contribution in [1.82, 2.24) is 0 Å². The second kappa shape index (κ2) is 4.82. The fraction of sp³-hybridized carbons (Fsp3) is 0.231. The van der Waals surface area contributed by atoms with Gasteiger partial charge in [0.1, 0.15) is 5.75 Å². The molecule has 0 aromatic heterocycles. The lowest BCUT2D eigenvalue weighted by Gasteiger charge is -2.02. The summed E-state index contributed by atoms with van der Waals surface area (Å²) in [5.41, 5.74) is 2.01. The van der Waals surface area contributed by atoms with Gasteiger partial charge in [-0.15, -0.1) is 0 Å². The monoisotopic (exact) mass is 231 g/mol. The van der Waals surface area contributed by atoms with Crippen LogP contribution in [0, 0.1) is 0 Å². The normalized spacial score (nSPS) is 16.9. The molecule has 0 atom stereocenters. The molecule has 0 N–H and O–H groups in total. The number of hydrogen-bond donors (Lipinski definition) is 0. The van der Waals surface area contributed by atoms with E-state index in [-0.39, 0.29) is 0 Å². The molecule has 4 heteroatoms. The van der Waals surface area contributed by atoms with Crippen LogP contribution in [0.1, 0.15) is 19.4 Å². The summed E-state index contributed by atoms with van der Waals surface area (Å²) >= 11 is 0. The molecule has 1 aliphatic rings. The minimum absolute atomic E-state index is 0.406. The topological polar surface area (TPSA) is 47.9 Å². The van der Waals surface area contributed by atoms with E-state index in [9.17, 15) is 4.79 Å². The Labute approximate surface area is 99.5 Å². The summed E-state index contributed by atoms with van der Waals surface area (Å²) in [6.45, 7) is 4.31. The molecule has 0 fully saturated rings. The van der Waals surface area contributed by atoms with Crippen molar-refractivity contribution in [2.45, 2.75) is 13.8 Å². The molecule has 0 saturated heterocycles. The summed E-state index contributed by atoms with van der Waals surface area (Å²) in [4.78, 5) is 15.9. The quantitative estimate of drug-likeness (QED) is 0.592. The predicted octanol–water partition coefficient (Wildman–Crippen LogP) is 2.40. The molecular formula is C13H13NO3. The van der Waals surface area contributed by atoms with Crippen LogP contribution in [0.5, 0.6) is 5.75 Å². The van der Waals surface area contributed by atoms with Crippen LogP contribution in [0.15, 0.2) is 35.0 Å². The van der Waals surface area contributed by atoms with Crippen molar-refractivity contribution in [2.24, 2.45) is 5.16 Å². The number of oxime groups is 1. The summed E-state index contributed by atoms with van der Waals surface area (Å²) < 4.78 is 5.34. The van der Waals surface area contributed by atoms with E-state index >= 15 is 0 Å². The molecule has 0 aliphatic carbocycles. The first-order valence-electron chi connectivity index (χ1n) is 5.41. The summed E-state index contributed by atoms with van der Waals surface area (Å²) in [7, 11) is 0. The van der Waals surface area contributed by atoms with Crippen molar-refractivity contribution in [2.75, 3.05) is 6.61 Å². The first-order valence-corrected chi connectivity index (χ1v) is 5.41. The van der Waals surface area contributed by atoms with Gasteiger partial charge in [0.25, 0.3) is 0 Å². The van der Waals surface area contributed by atoms with Crippen molar-refractivity contribution in [1.29, 1.82) is 0 Å². The third-order valence-electron chi connectivity index (χ3n) is 2.38. The molecule has 1 aromatic rings. The van der Waals surface area contributed by atoms with E-state index in [1.54, 1.807) is 13.0 Å². The van der Waals surface area contributed by atoms with Gasteiger partial charge in [-0.05, 0) is 37.6 Å². The van der Waals surface area contributed by atoms with Crippen LogP contribution < -0.4 is 4.74 Å². The Morgan fingerprint density at radius 1 is 1.35 bits per heavy atom. The SMILES string of the molecule is CCOc1ccc(/C=C2\C(=O)ON=C2C)cc1. The van der Waals surface area contributed by atoms with E-state index in [0.29, 0.717) is 17.9 Å². The minimum atomic E-state index is -0.406. The van der Waals surface area contributed by atoms with E-state index in [4.69, 9.17) is 4.74 Å². The van der Waals surface area contributed by atoms with Gasteiger partial charge >= 0.3 is 5.97 Å². The lowest BCUT2D eigenvalue weighted by molar-refractivity contribution is -0.136. The average molecular weight is 231 g/mol. The standard InChI is InChI=1S/C13H13NO3/c1-3-16-11-6-4-10(5-7-11)8-12-9(2)14-17-13(12)15/h4-8H,3H2,1-2H3/b12-8-. The fourth-order valence-electron chi connectivity index (χ4n) is 1.51. The van der Waals surface area contributed by atoms with Gasteiger partial charge in [0.2, 0.25) is 0 Å². The van der Waals surface area contributed by atoms with Crippen molar-refractivity contribution < 1.29 is 14.4 Å². The Balaban J connectivity index is 2.21. The molecule has 17 heavy (non-hydrogen) atoms. The molecule has 1 aliphatic heterocycles. The molecular weight excluding hydrogens is 218 g/mol. The molecule has 0 spiro atoms. The second-order valence-electron chi connectivity index (χ2n) is 3.62. The Bertz CT molecular complexity index is 486. The predicted molar refractivity (Wildman–Crippen MR) is 64.8 cm³/mol. The van der Waals surface area contributed by atoms with Crippen LogP contribution in [0.25, 0.3) is 6.08 Å². The van der Waals surface area contributed by atoms with Crippen LogP contribution in [-0.4, -0.2) is 18.3 Å². The van der Waals surface area contributed by atoms with Gasteiger partial charge in [0, 0.05) is 0 Å². The number of rotatable bonds is 3. The molecule has 0 radical (unpaired) electrons. The largest absolute Gasteiger partial charge is 0.494 e. The van der Waals surface area contributed by atoms with E-state index in [0.717, 1.165) is 11.3 Å². The van der Waals surface area contributed by atoms with E-state index < -0.39 is 5.97 Å². The zero-order chi connectivity index (χ0) is 12.3. The van der Waals surface area contributed by atoms with Crippen LogP contribution >= 0.6 is 0 Å². The van der Waals surface area contributed by atoms with Gasteiger partial charge in [0.15, 0.2) is 0 Å². The maximum absolute atomic E-state index is 11.3. The van der Waals surface area contributed by atoms with Crippen molar-refractivity contribution >= 4 is 17.8 Å². The third kappa shape index (κ3) is 2.53. The number of hydrogen-bond acceptors (Lipinski definition) is 4. The zero-order valence-corrected chi connectivity index (χ0v) is 9.77. The molecule has 0 unspecified atom stereocenters. The molecule has 1 heterocycles. The lowest BCUT2D eigenvalue weighted by atomic mass is 10.1. The number of nitrogens with zero attached hydrogens (tertiary/aromatic N) is 1. The molecule has 2 rings (SSSR count). The van der Waals surface area contributed by atoms with Crippen LogP contribution in [0.3, 0.4) is 0 Å².